The molecule has 0 aliphatic rings. The lowest BCUT2D eigenvalue weighted by Gasteiger charge is -2.06. The van der Waals surface area contributed by atoms with Gasteiger partial charge in [-0.25, -0.2) is 13.8 Å². The average Bonchev–Trinajstić information content (AvgIpc) is 2.77. The number of aromatic nitrogens is 2. The summed E-state index contributed by atoms with van der Waals surface area (Å²) >= 11 is 0. The number of carbonyl (C=O) groups excluding carboxylic acids is 1. The molecule has 1 aromatic heterocycles. The van der Waals surface area contributed by atoms with Crippen LogP contribution in [0.2, 0.25) is 0 Å². The number of halogens is 2. The fraction of sp³-hybridized carbons (Fsp3) is 0.231. The van der Waals surface area contributed by atoms with Crippen LogP contribution in [0.1, 0.15) is 29.5 Å². The first kappa shape index (κ1) is 12.4. The van der Waals surface area contributed by atoms with Gasteiger partial charge in [-0.2, -0.15) is 0 Å². The van der Waals surface area contributed by atoms with E-state index in [0.717, 1.165) is 18.6 Å². The summed E-state index contributed by atoms with van der Waals surface area (Å²) in [5, 5.41) is 0. The zero-order valence-corrected chi connectivity index (χ0v) is 9.86. The largest absolute Gasteiger partial charge is 0.328 e. The molecule has 0 spiro atoms. The quantitative estimate of drug-likeness (QED) is 0.782. The Balaban J connectivity index is 2.45. The Morgan fingerprint density at radius 1 is 1.33 bits per heavy atom. The molecule has 0 unspecified atom stereocenters. The molecular formula is C13H12F2N2O. The summed E-state index contributed by atoms with van der Waals surface area (Å²) in [6, 6.07) is 3.34. The number of rotatable bonds is 4. The van der Waals surface area contributed by atoms with Gasteiger partial charge in [0.25, 0.3) is 0 Å². The highest BCUT2D eigenvalue weighted by molar-refractivity contribution is 6.07. The van der Waals surface area contributed by atoms with Crippen LogP contribution in [-0.4, -0.2) is 15.3 Å². The van der Waals surface area contributed by atoms with Crippen LogP contribution in [0.5, 0.6) is 0 Å². The molecule has 0 radical (unpaired) electrons. The van der Waals surface area contributed by atoms with Crippen molar-refractivity contribution in [3.63, 3.8) is 0 Å². The number of benzene rings is 1. The molecule has 1 heterocycles. The minimum absolute atomic E-state index is 0.0563. The molecule has 3 nitrogen and oxygen atoms in total. The minimum Gasteiger partial charge on any atom is -0.328 e. The third-order valence-corrected chi connectivity index (χ3v) is 2.57. The number of carbonyl (C=O) groups is 1. The van der Waals surface area contributed by atoms with E-state index >= 15 is 0 Å². The SMILES string of the molecule is CCCn1ccnc1C(=O)c1c(F)cccc1F. The molecule has 0 saturated carbocycles. The van der Waals surface area contributed by atoms with Crippen LogP contribution in [-0.2, 0) is 6.54 Å². The highest BCUT2D eigenvalue weighted by atomic mass is 19.1. The Kier molecular flexibility index (Phi) is 3.50. The van der Waals surface area contributed by atoms with E-state index in [9.17, 15) is 13.6 Å². The normalized spacial score (nSPS) is 10.6. The van der Waals surface area contributed by atoms with Gasteiger partial charge in [0, 0.05) is 18.9 Å². The van der Waals surface area contributed by atoms with Crippen molar-refractivity contribution in [2.24, 2.45) is 0 Å². The Morgan fingerprint density at radius 3 is 2.61 bits per heavy atom. The van der Waals surface area contributed by atoms with Crippen LogP contribution >= 0.6 is 0 Å². The van der Waals surface area contributed by atoms with E-state index in [1.54, 1.807) is 10.8 Å². The molecular weight excluding hydrogens is 238 g/mol. The van der Waals surface area contributed by atoms with Gasteiger partial charge >= 0.3 is 0 Å². The van der Waals surface area contributed by atoms with Crippen molar-refractivity contribution >= 4 is 5.78 Å². The van der Waals surface area contributed by atoms with Crippen LogP contribution < -0.4 is 0 Å². The lowest BCUT2D eigenvalue weighted by atomic mass is 10.1. The molecule has 5 heteroatoms. The monoisotopic (exact) mass is 250 g/mol. The number of hydrogen-bond acceptors (Lipinski definition) is 2. The maximum Gasteiger partial charge on any atom is 0.234 e. The summed E-state index contributed by atoms with van der Waals surface area (Å²) in [6.45, 7) is 2.52. The third kappa shape index (κ3) is 2.16. The first-order valence-electron chi connectivity index (χ1n) is 5.65. The summed E-state index contributed by atoms with van der Waals surface area (Å²) in [5.41, 5.74) is -0.555. The first-order valence-corrected chi connectivity index (χ1v) is 5.65. The first-order chi connectivity index (χ1) is 8.65. The van der Waals surface area contributed by atoms with Crippen LogP contribution in [0.15, 0.2) is 30.6 Å². The van der Waals surface area contributed by atoms with Crippen LogP contribution in [0.4, 0.5) is 8.78 Å². The zero-order valence-electron chi connectivity index (χ0n) is 9.86. The summed E-state index contributed by atoms with van der Waals surface area (Å²) in [5.74, 6) is -2.41. The smallest absolute Gasteiger partial charge is 0.234 e. The second kappa shape index (κ2) is 5.08. The number of imidazole rings is 1. The Labute approximate surface area is 103 Å². The number of ketones is 1. The third-order valence-electron chi connectivity index (χ3n) is 2.57. The van der Waals surface area contributed by atoms with Gasteiger partial charge < -0.3 is 4.57 Å². The van der Waals surface area contributed by atoms with Gasteiger partial charge in [0.15, 0.2) is 5.82 Å². The summed E-state index contributed by atoms with van der Waals surface area (Å²) in [4.78, 5) is 16.0. The minimum atomic E-state index is -0.869. The Morgan fingerprint density at radius 2 is 2.00 bits per heavy atom. The van der Waals surface area contributed by atoms with E-state index in [4.69, 9.17) is 0 Å². The van der Waals surface area contributed by atoms with Crippen LogP contribution in [0.3, 0.4) is 0 Å². The van der Waals surface area contributed by atoms with E-state index in [2.05, 4.69) is 4.98 Å². The summed E-state index contributed by atoms with van der Waals surface area (Å²) in [7, 11) is 0. The van der Waals surface area contributed by atoms with Crippen LogP contribution in [0.25, 0.3) is 0 Å². The molecule has 1 aromatic carbocycles. The van der Waals surface area contributed by atoms with Gasteiger partial charge in [0.05, 0.1) is 5.56 Å². The zero-order chi connectivity index (χ0) is 13.1. The van der Waals surface area contributed by atoms with Crippen LogP contribution in [0, 0.1) is 11.6 Å². The highest BCUT2D eigenvalue weighted by Gasteiger charge is 2.22. The maximum absolute atomic E-state index is 13.5. The number of nitrogens with zero attached hydrogens (tertiary/aromatic N) is 2. The summed E-state index contributed by atoms with van der Waals surface area (Å²) < 4.78 is 28.6. The van der Waals surface area contributed by atoms with E-state index in [0.29, 0.717) is 6.54 Å². The number of aryl methyl sites for hydroxylation is 1. The fourth-order valence-electron chi connectivity index (χ4n) is 1.77. The molecule has 0 saturated heterocycles. The molecule has 0 N–H and O–H groups in total. The molecule has 0 aliphatic heterocycles. The van der Waals surface area contributed by atoms with Gasteiger partial charge in [-0.3, -0.25) is 4.79 Å². The van der Waals surface area contributed by atoms with Gasteiger partial charge in [0.1, 0.15) is 11.6 Å². The lowest BCUT2D eigenvalue weighted by Crippen LogP contribution is -2.14. The molecule has 2 rings (SSSR count). The predicted molar refractivity (Wildman–Crippen MR) is 62.3 cm³/mol. The molecule has 0 atom stereocenters. The Bertz CT molecular complexity index is 558. The van der Waals surface area contributed by atoms with Crippen molar-refractivity contribution in [3.8, 4) is 0 Å². The molecule has 0 bridgehead atoms. The predicted octanol–water partition coefficient (Wildman–Crippen LogP) is 2.80. The van der Waals surface area contributed by atoms with E-state index in [1.807, 2.05) is 6.92 Å². The topological polar surface area (TPSA) is 34.9 Å². The van der Waals surface area contributed by atoms with Crippen molar-refractivity contribution < 1.29 is 13.6 Å². The van der Waals surface area contributed by atoms with Gasteiger partial charge in [-0.05, 0) is 18.6 Å². The standard InChI is InChI=1S/C13H12F2N2O/c1-2-7-17-8-6-16-13(17)12(18)11-9(14)4-3-5-10(11)15/h3-6,8H,2,7H2,1H3. The second-order valence-electron chi connectivity index (χ2n) is 3.87. The van der Waals surface area contributed by atoms with Crippen molar-refractivity contribution in [1.29, 1.82) is 0 Å². The molecule has 2 aromatic rings. The van der Waals surface area contributed by atoms with E-state index in [-0.39, 0.29) is 5.82 Å². The van der Waals surface area contributed by atoms with Crippen molar-refractivity contribution in [1.82, 2.24) is 9.55 Å². The lowest BCUT2D eigenvalue weighted by molar-refractivity contribution is 0.101. The van der Waals surface area contributed by atoms with Crippen molar-refractivity contribution in [2.75, 3.05) is 0 Å². The second-order valence-corrected chi connectivity index (χ2v) is 3.87. The van der Waals surface area contributed by atoms with E-state index in [1.165, 1.54) is 12.3 Å². The number of hydrogen-bond donors (Lipinski definition) is 0. The fourth-order valence-corrected chi connectivity index (χ4v) is 1.77. The van der Waals surface area contributed by atoms with E-state index < -0.39 is 23.0 Å². The molecule has 0 amide bonds. The highest BCUT2D eigenvalue weighted by Crippen LogP contribution is 2.16. The molecule has 18 heavy (non-hydrogen) atoms. The van der Waals surface area contributed by atoms with Crippen molar-refractivity contribution in [2.45, 2.75) is 19.9 Å². The molecule has 94 valence electrons. The average molecular weight is 250 g/mol. The molecule has 0 aliphatic carbocycles. The Hall–Kier alpha value is -2.04. The maximum atomic E-state index is 13.5. The van der Waals surface area contributed by atoms with Gasteiger partial charge in [-0.15, -0.1) is 0 Å². The van der Waals surface area contributed by atoms with Crippen molar-refractivity contribution in [3.05, 3.63) is 53.6 Å². The van der Waals surface area contributed by atoms with Gasteiger partial charge in [-0.1, -0.05) is 13.0 Å². The molecule has 0 fully saturated rings. The summed E-state index contributed by atoms with van der Waals surface area (Å²) in [6.07, 6.45) is 3.87. The van der Waals surface area contributed by atoms with Gasteiger partial charge in [0.2, 0.25) is 5.78 Å².